The highest BCUT2D eigenvalue weighted by atomic mass is 19.1. The molecule has 0 radical (unpaired) electrons. The molecule has 610 valence electrons. The number of carboxylic acid groups (broad SMARTS) is 1. The van der Waals surface area contributed by atoms with Crippen molar-refractivity contribution in [3.8, 4) is 17.2 Å². The van der Waals surface area contributed by atoms with Crippen molar-refractivity contribution in [3.63, 3.8) is 0 Å². The Hall–Kier alpha value is -9.92. The molecule has 116 heavy (non-hydrogen) atoms. The molecule has 32 heteroatoms. The zero-order valence-corrected chi connectivity index (χ0v) is 66.0. The Kier molecular flexibility index (Phi) is 25.1. The number of carbonyl (C=O) groups is 4. The van der Waals surface area contributed by atoms with Crippen molar-refractivity contribution in [1.29, 1.82) is 0 Å². The first-order valence-electron chi connectivity index (χ1n) is 40.6. The average molecular weight is 1590 g/mol. The fourth-order valence-electron chi connectivity index (χ4n) is 16.7. The topological polar surface area (TPSA) is 272 Å². The molecule has 0 spiro atoms. The smallest absolute Gasteiger partial charge is 0.494 e. The van der Waals surface area contributed by atoms with E-state index in [1.807, 2.05) is 79.3 Å². The Morgan fingerprint density at radius 3 is 1.65 bits per heavy atom. The van der Waals surface area contributed by atoms with Crippen LogP contribution in [-0.4, -0.2) is 221 Å². The van der Waals surface area contributed by atoms with Gasteiger partial charge in [-0.15, -0.1) is 0 Å². The van der Waals surface area contributed by atoms with Crippen LogP contribution in [0.2, 0.25) is 6.82 Å². The molecule has 6 fully saturated rings. The van der Waals surface area contributed by atoms with Crippen molar-refractivity contribution in [3.05, 3.63) is 175 Å². The minimum atomic E-state index is -1.29. The number of rotatable bonds is 26. The van der Waals surface area contributed by atoms with Crippen LogP contribution in [0.3, 0.4) is 0 Å². The minimum absolute atomic E-state index is 0.0693. The Balaban J connectivity index is 0.000000137. The van der Waals surface area contributed by atoms with Gasteiger partial charge in [-0.2, -0.15) is 0 Å². The molecule has 2 aliphatic carbocycles. The lowest BCUT2D eigenvalue weighted by atomic mass is 9.64. The van der Waals surface area contributed by atoms with Gasteiger partial charge < -0.3 is 77.2 Å². The monoisotopic (exact) mass is 1590 g/mol. The van der Waals surface area contributed by atoms with Gasteiger partial charge in [0, 0.05) is 146 Å². The summed E-state index contributed by atoms with van der Waals surface area (Å²) in [5.41, 5.74) is 7.82. The summed E-state index contributed by atoms with van der Waals surface area (Å²) in [5, 5.41) is 32.7. The lowest BCUT2D eigenvalue weighted by molar-refractivity contribution is -0.119. The van der Waals surface area contributed by atoms with Crippen LogP contribution >= 0.6 is 0 Å². The van der Waals surface area contributed by atoms with Crippen molar-refractivity contribution < 1.29 is 80.4 Å². The van der Waals surface area contributed by atoms with Gasteiger partial charge in [0.1, 0.15) is 46.4 Å². The van der Waals surface area contributed by atoms with Crippen molar-refractivity contribution in [2.45, 2.75) is 116 Å². The number of hydrogen-bond donors (Lipinski definition) is 4. The van der Waals surface area contributed by atoms with Crippen LogP contribution in [0.25, 0.3) is 21.8 Å². The fourth-order valence-corrected chi connectivity index (χ4v) is 16.7. The summed E-state index contributed by atoms with van der Waals surface area (Å²) in [6, 6.07) is 28.8. The van der Waals surface area contributed by atoms with Gasteiger partial charge in [0.2, 0.25) is 11.3 Å². The van der Waals surface area contributed by atoms with Gasteiger partial charge in [-0.1, -0.05) is 44.1 Å². The van der Waals surface area contributed by atoms with Crippen LogP contribution in [0.5, 0.6) is 17.2 Å². The molecule has 0 bridgehead atoms. The van der Waals surface area contributed by atoms with E-state index >= 15 is 13.2 Å². The number of carboxylic acids is 1. The van der Waals surface area contributed by atoms with Crippen LogP contribution in [-0.2, 0) is 36.7 Å². The summed E-state index contributed by atoms with van der Waals surface area (Å²) >= 11 is 0. The molecular formula is C84H98B3F3N10O16. The number of aromatic nitrogens is 2. The number of nitrogens with one attached hydrogen (secondary N) is 1. The van der Waals surface area contributed by atoms with E-state index in [1.54, 1.807) is 30.5 Å². The number of nitrogens with zero attached hydrogens (tertiary/aromatic N) is 9. The number of cyclic esters (lactones) is 1. The SMILES string of the molecule is CB1OCc2cccc(OCCCN3CCN(c4ccc(N5C[C@H](CNC(C)=O)OC5=O)cc4F)CC3)c21.CC(=O)c1cn(C2CC2)c2cc(N3CCN(CCCOc4ccc5c(c4)B(O)OC5)CC3)c(F)cc2c1=O.CCC1OB(O)c2c(OCCCN3CCN(c4cc5c(cc4F)c(=O)c(C(=O)O)cn5C4CC4)CC3)cccc21. The van der Waals surface area contributed by atoms with Crippen molar-refractivity contribution in [2.75, 3.05) is 151 Å². The van der Waals surface area contributed by atoms with E-state index in [4.69, 9.17) is 32.9 Å². The van der Waals surface area contributed by atoms with Gasteiger partial charge in [0.05, 0.1) is 91.6 Å². The number of hydrogen-bond acceptors (Lipinski definition) is 21. The van der Waals surface area contributed by atoms with Crippen LogP contribution < -0.4 is 66.4 Å². The Morgan fingerprint density at radius 2 is 1.10 bits per heavy atom. The summed E-state index contributed by atoms with van der Waals surface area (Å²) in [4.78, 5) is 87.1. The third-order valence-corrected chi connectivity index (χ3v) is 23.4. The molecule has 2 amide bonds. The standard InChI is InChI=1S/C29H33BFN3O6.C28H31BFN3O5.C27H34BFN4O5/c1-2-25-19-5-3-6-26(27(19)30(38)40-25)39-14-4-9-32-10-12-33(13-11-32)24-16-23-20(15-22(24)31)28(35)21(29(36)37)17-34(23)18-7-8-18;1-18(34)23-16-33(20-4-5-20)26-15-27(25(30)14-22(26)28(23)35)32-10-8-31(9-11-32)7-2-12-37-21-6-3-19-17-38-29(36)24(19)13-21;1-19(34)30-16-22-17-33(27(35)38-22)21-7-8-24(23(29)15-21)32-12-10-31(11-13-32)9-4-14-36-25-6-3-5-20-18-37-28(2)26(20)25/h3,5-6,15-18,25,38H,2,4,7-14H2,1H3,(H,36,37);3,6,13-16,20,36H,2,4-5,7-12,17H2,1H3;3,5-8,15,22H,4,9-14,16-18H2,1-2H3,(H,30,34)/t;;22-/m..0/s1. The molecule has 2 atom stereocenters. The zero-order valence-electron chi connectivity index (χ0n) is 66.0. The maximum absolute atomic E-state index is 15.3. The molecule has 17 rings (SSSR count). The first-order chi connectivity index (χ1) is 56.1. The number of pyridine rings is 2. The number of fused-ring (bicyclic) bond motifs is 5. The lowest BCUT2D eigenvalue weighted by Gasteiger charge is -2.36. The molecule has 9 heterocycles. The van der Waals surface area contributed by atoms with E-state index in [0.29, 0.717) is 98.7 Å². The Labute approximate surface area is 671 Å². The predicted molar refractivity (Wildman–Crippen MR) is 438 cm³/mol. The molecule has 2 saturated carbocycles. The van der Waals surface area contributed by atoms with Crippen LogP contribution in [0.15, 0.2) is 119 Å². The maximum atomic E-state index is 15.3. The van der Waals surface area contributed by atoms with Crippen molar-refractivity contribution in [2.24, 2.45) is 0 Å². The van der Waals surface area contributed by atoms with Gasteiger partial charge >= 0.3 is 33.2 Å². The molecule has 6 aromatic carbocycles. The van der Waals surface area contributed by atoms with Crippen LogP contribution in [0, 0.1) is 17.5 Å². The first-order valence-corrected chi connectivity index (χ1v) is 40.6. The summed E-state index contributed by atoms with van der Waals surface area (Å²) in [6.07, 6.45) is 9.12. The predicted octanol–water partition coefficient (Wildman–Crippen LogP) is 7.66. The second-order valence-corrected chi connectivity index (χ2v) is 31.3. The number of piperazine rings is 3. The highest BCUT2D eigenvalue weighted by molar-refractivity contribution is 6.68. The Morgan fingerprint density at radius 1 is 0.578 bits per heavy atom. The summed E-state index contributed by atoms with van der Waals surface area (Å²) in [5.74, 6) is -0.772. The Bertz CT molecular complexity index is 5110. The van der Waals surface area contributed by atoms with Gasteiger partial charge in [0.25, 0.3) is 0 Å². The van der Waals surface area contributed by atoms with E-state index in [1.165, 1.54) is 54.2 Å². The van der Waals surface area contributed by atoms with Gasteiger partial charge in [0.15, 0.2) is 11.2 Å². The van der Waals surface area contributed by atoms with Crippen LogP contribution in [0.4, 0.5) is 40.7 Å². The van der Waals surface area contributed by atoms with Gasteiger partial charge in [-0.05, 0) is 153 Å². The number of halogens is 3. The van der Waals surface area contributed by atoms with Gasteiger partial charge in [-0.25, -0.2) is 22.8 Å². The molecule has 4 N–H and O–H groups in total. The van der Waals surface area contributed by atoms with E-state index in [0.717, 1.165) is 157 Å². The third-order valence-electron chi connectivity index (χ3n) is 23.4. The second-order valence-electron chi connectivity index (χ2n) is 31.3. The highest BCUT2D eigenvalue weighted by Gasteiger charge is 2.39. The van der Waals surface area contributed by atoms with Crippen molar-refractivity contribution >= 4 is 106 Å². The number of benzene rings is 6. The molecule has 26 nitrogen and oxygen atoms in total. The molecule has 9 aliphatic rings. The average Bonchev–Trinajstić information content (AvgIpc) is 1.35. The molecule has 8 aromatic rings. The largest absolute Gasteiger partial charge is 0.495 e. The van der Waals surface area contributed by atoms with E-state index in [-0.39, 0.29) is 77.6 Å². The lowest BCUT2D eigenvalue weighted by Crippen LogP contribution is -2.47. The number of Topliss-reactive ketones (excluding diaryl/α,β-unsaturated/α-hetero) is 1. The first kappa shape index (κ1) is 81.2. The highest BCUT2D eigenvalue weighted by Crippen LogP contribution is 2.41. The number of ether oxygens (including phenoxy) is 4. The van der Waals surface area contributed by atoms with E-state index in [9.17, 15) is 43.9 Å². The zero-order chi connectivity index (χ0) is 81.0. The number of amides is 2. The number of carbonyl (C=O) groups excluding carboxylic acids is 3. The summed E-state index contributed by atoms with van der Waals surface area (Å²) in [6.45, 7) is 21.8. The minimum Gasteiger partial charge on any atom is -0.494 e. The quantitative estimate of drug-likeness (QED) is 0.0230. The van der Waals surface area contributed by atoms with Gasteiger partial charge in [-0.3, -0.25) is 38.8 Å². The normalized spacial score (nSPS) is 18.9. The third kappa shape index (κ3) is 18.3. The second kappa shape index (κ2) is 35.9. The van der Waals surface area contributed by atoms with Crippen LogP contribution in [0.1, 0.15) is 128 Å². The van der Waals surface area contributed by atoms with E-state index < -0.39 is 54.9 Å². The summed E-state index contributed by atoms with van der Waals surface area (Å²) in [7, 11) is -1.84. The van der Waals surface area contributed by atoms with E-state index in [2.05, 4.69) is 32.9 Å². The fraction of sp³-hybridized carbons (Fsp3) is 0.452. The molecule has 4 saturated heterocycles. The maximum Gasteiger partial charge on any atom is 0.495 e. The number of aromatic carboxylic acids is 1. The van der Waals surface area contributed by atoms with Crippen molar-refractivity contribution in [1.82, 2.24) is 29.2 Å². The molecular weight excluding hydrogens is 1490 g/mol. The number of anilines is 4. The molecule has 2 aromatic heterocycles. The molecule has 7 aliphatic heterocycles. The summed E-state index contributed by atoms with van der Waals surface area (Å²) < 4.78 is 89.3. The number of ketones is 1. The molecule has 1 unspecified atom stereocenters.